The van der Waals surface area contributed by atoms with Crippen molar-refractivity contribution >= 4 is 78.2 Å². The van der Waals surface area contributed by atoms with E-state index in [9.17, 15) is 0 Å². The average Bonchev–Trinajstić information content (AvgIpc) is 3.72. The molecule has 0 unspecified atom stereocenters. The smallest absolute Gasteiger partial charge is 0.197 e. The van der Waals surface area contributed by atoms with E-state index in [1.807, 2.05) is 11.3 Å². The van der Waals surface area contributed by atoms with Gasteiger partial charge in [-0.05, 0) is 164 Å². The summed E-state index contributed by atoms with van der Waals surface area (Å²) >= 11 is 1.93. The zero-order chi connectivity index (χ0) is 47.6. The van der Waals surface area contributed by atoms with Crippen LogP contribution in [0.4, 0.5) is 28.4 Å². The van der Waals surface area contributed by atoms with Crippen LogP contribution in [0, 0.1) is 6.92 Å². The first-order valence-corrected chi connectivity index (χ1v) is 26.0. The molecule has 4 heteroatoms. The first-order chi connectivity index (χ1) is 33.1. The van der Waals surface area contributed by atoms with E-state index in [0.29, 0.717) is 0 Å². The molecule has 0 amide bonds. The lowest BCUT2D eigenvalue weighted by molar-refractivity contribution is 0.332. The number of rotatable bonds is 6. The Morgan fingerprint density at radius 3 is 1.67 bits per heavy atom. The molecule has 1 aliphatic heterocycles. The molecule has 1 radical (unpaired) electrons. The van der Waals surface area contributed by atoms with Crippen molar-refractivity contribution in [3.8, 4) is 33.4 Å². The minimum atomic E-state index is 0.0111. The third-order valence-corrected chi connectivity index (χ3v) is 17.7. The van der Waals surface area contributed by atoms with Crippen molar-refractivity contribution in [1.82, 2.24) is 0 Å². The molecule has 9 aromatic rings. The number of hydrogen-bond acceptors (Lipinski definition) is 3. The Labute approximate surface area is 414 Å². The Bertz CT molecular complexity index is 3500. The maximum Gasteiger partial charge on any atom is 0.197 e. The van der Waals surface area contributed by atoms with Gasteiger partial charge in [0.05, 0.1) is 0 Å². The Kier molecular flexibility index (Phi) is 10.1. The largest absolute Gasteiger partial charge is 0.355 e. The molecule has 3 aliphatic rings. The Balaban J connectivity index is 1.16. The van der Waals surface area contributed by atoms with Crippen LogP contribution in [-0.2, 0) is 21.7 Å². The molecular formula is C65H62BN2S. The zero-order valence-corrected chi connectivity index (χ0v) is 42.6. The van der Waals surface area contributed by atoms with Gasteiger partial charge >= 0.3 is 0 Å². The summed E-state index contributed by atoms with van der Waals surface area (Å²) in [5.41, 5.74) is 23.2. The minimum absolute atomic E-state index is 0.0111. The van der Waals surface area contributed by atoms with Crippen molar-refractivity contribution in [2.75, 3.05) is 10.2 Å². The van der Waals surface area contributed by atoms with Crippen LogP contribution in [0.2, 0.25) is 0 Å². The quantitative estimate of drug-likeness (QED) is 0.167. The molecule has 0 fully saturated rings. The van der Waals surface area contributed by atoms with Crippen LogP contribution in [0.1, 0.15) is 109 Å². The molecule has 69 heavy (non-hydrogen) atoms. The monoisotopic (exact) mass is 913 g/mol. The van der Waals surface area contributed by atoms with E-state index in [1.54, 1.807) is 0 Å². The number of nitrogens with zero attached hydrogens (tertiary/aromatic N) is 1. The molecule has 0 saturated carbocycles. The van der Waals surface area contributed by atoms with Crippen LogP contribution in [0.25, 0.3) is 53.6 Å². The Hall–Kier alpha value is -6.36. The van der Waals surface area contributed by atoms with Crippen molar-refractivity contribution in [1.29, 1.82) is 0 Å². The lowest BCUT2D eigenvalue weighted by atomic mass is 9.57. The molecule has 0 atom stereocenters. The van der Waals surface area contributed by atoms with Gasteiger partial charge in [0.15, 0.2) is 7.28 Å². The predicted octanol–water partition coefficient (Wildman–Crippen LogP) is 17.2. The van der Waals surface area contributed by atoms with E-state index < -0.39 is 0 Å². The van der Waals surface area contributed by atoms with Gasteiger partial charge in [0.2, 0.25) is 0 Å². The van der Waals surface area contributed by atoms with Crippen molar-refractivity contribution < 1.29 is 0 Å². The lowest BCUT2D eigenvalue weighted by Crippen LogP contribution is -2.41. The zero-order valence-electron chi connectivity index (χ0n) is 41.8. The van der Waals surface area contributed by atoms with Crippen LogP contribution in [-0.4, -0.2) is 7.28 Å². The molecule has 8 aromatic carbocycles. The molecule has 2 heterocycles. The summed E-state index contributed by atoms with van der Waals surface area (Å²) in [6, 6.07) is 59.7. The molecule has 0 bridgehead atoms. The summed E-state index contributed by atoms with van der Waals surface area (Å²) in [6.07, 6.45) is 4.64. The number of aryl methyl sites for hydroxylation is 1. The second-order valence-electron chi connectivity index (χ2n) is 23.0. The van der Waals surface area contributed by atoms with Gasteiger partial charge in [-0.2, -0.15) is 0 Å². The maximum absolute atomic E-state index is 4.10. The Morgan fingerprint density at radius 2 is 1.01 bits per heavy atom. The van der Waals surface area contributed by atoms with Crippen molar-refractivity contribution in [2.45, 2.75) is 110 Å². The Morgan fingerprint density at radius 1 is 0.478 bits per heavy atom. The highest BCUT2D eigenvalue weighted by Crippen LogP contribution is 2.54. The fourth-order valence-corrected chi connectivity index (χ4v) is 13.3. The van der Waals surface area contributed by atoms with E-state index in [-0.39, 0.29) is 21.7 Å². The number of thiophene rings is 1. The molecule has 1 aromatic heterocycles. The fraction of sp³-hybridized carbons (Fsp3) is 0.262. The van der Waals surface area contributed by atoms with E-state index in [2.05, 4.69) is 238 Å². The highest BCUT2D eigenvalue weighted by atomic mass is 32.1. The summed E-state index contributed by atoms with van der Waals surface area (Å²) in [6.45, 7) is 22.0. The molecule has 1 N–H and O–H groups in total. The minimum Gasteiger partial charge on any atom is -0.355 e. The van der Waals surface area contributed by atoms with Gasteiger partial charge < -0.3 is 10.2 Å². The SMILES string of the molecule is Cc1cc2c(cc1N1c3cc(-c4ccccc4)ccc3[B]c3c1cc1sc4ccccc4c1c3-c1cc3c(cc1Nc1ccc(-c4ccccc4)cc1)C(C)(C)CCC3(C)C)C(C)(C)CCC2(C)C. The molecule has 0 spiro atoms. The van der Waals surface area contributed by atoms with Crippen molar-refractivity contribution in [2.24, 2.45) is 0 Å². The van der Waals surface area contributed by atoms with Crippen LogP contribution < -0.4 is 21.1 Å². The van der Waals surface area contributed by atoms with Gasteiger partial charge in [0.1, 0.15) is 0 Å². The summed E-state index contributed by atoms with van der Waals surface area (Å²) in [5, 5.41) is 6.74. The number of fused-ring (bicyclic) bond motifs is 7. The lowest BCUT2D eigenvalue weighted by Gasteiger charge is -2.44. The van der Waals surface area contributed by atoms with Gasteiger partial charge in [-0.3, -0.25) is 0 Å². The van der Waals surface area contributed by atoms with Gasteiger partial charge in [-0.1, -0.05) is 170 Å². The van der Waals surface area contributed by atoms with Crippen LogP contribution in [0.5, 0.6) is 0 Å². The molecule has 2 nitrogen and oxygen atoms in total. The first kappa shape index (κ1) is 43.9. The highest BCUT2D eigenvalue weighted by Gasteiger charge is 2.41. The summed E-state index contributed by atoms with van der Waals surface area (Å²) < 4.78 is 2.62. The second-order valence-corrected chi connectivity index (χ2v) is 24.1. The molecular weight excluding hydrogens is 852 g/mol. The molecule has 341 valence electrons. The average molecular weight is 914 g/mol. The van der Waals surface area contributed by atoms with Gasteiger partial charge in [0.25, 0.3) is 0 Å². The predicted molar refractivity (Wildman–Crippen MR) is 300 cm³/mol. The highest BCUT2D eigenvalue weighted by molar-refractivity contribution is 7.26. The van der Waals surface area contributed by atoms with Gasteiger partial charge in [-0.25, -0.2) is 0 Å². The van der Waals surface area contributed by atoms with E-state index in [1.165, 1.54) is 116 Å². The van der Waals surface area contributed by atoms with Gasteiger partial charge in [-0.15, -0.1) is 11.3 Å². The number of hydrogen-bond donors (Lipinski definition) is 1. The van der Waals surface area contributed by atoms with Gasteiger partial charge in [0, 0.05) is 54.2 Å². The van der Waals surface area contributed by atoms with E-state index >= 15 is 0 Å². The topological polar surface area (TPSA) is 15.3 Å². The third kappa shape index (κ3) is 7.27. The summed E-state index contributed by atoms with van der Waals surface area (Å²) in [7, 11) is 2.52. The summed E-state index contributed by atoms with van der Waals surface area (Å²) in [5.74, 6) is 0. The molecule has 12 rings (SSSR count). The fourth-order valence-electron chi connectivity index (χ4n) is 12.1. The molecule has 0 saturated heterocycles. The van der Waals surface area contributed by atoms with Crippen LogP contribution >= 0.6 is 11.3 Å². The van der Waals surface area contributed by atoms with E-state index in [4.69, 9.17) is 0 Å². The van der Waals surface area contributed by atoms with Crippen molar-refractivity contribution in [3.05, 3.63) is 186 Å². The standard InChI is InChI=1S/C65H62BN2S/c1-40-34-48-51(65(8,9)33-30-62(48,2)3)38-54(40)68-55-35-44(42-20-14-11-15-21-42)26-29-52(55)66-61-56(68)39-58-59(46-22-16-17-23-57(46)69-58)60(61)47-36-49-50(64(6,7)32-31-63(49,4)5)37-53(47)67-45-27-24-43(25-28-45)41-18-12-10-13-19-41/h10-29,34-39,67H,30-33H2,1-9H3. The number of nitrogens with one attached hydrogen (secondary N) is 1. The van der Waals surface area contributed by atoms with Crippen LogP contribution in [0.3, 0.4) is 0 Å². The second kappa shape index (κ2) is 15.8. The number of benzene rings is 8. The normalized spacial score (nSPS) is 17.1. The van der Waals surface area contributed by atoms with E-state index in [0.717, 1.165) is 30.6 Å². The van der Waals surface area contributed by atoms with Crippen molar-refractivity contribution in [3.63, 3.8) is 0 Å². The molecule has 2 aliphatic carbocycles. The maximum atomic E-state index is 4.10. The first-order valence-electron chi connectivity index (χ1n) is 25.2. The number of anilines is 5. The summed E-state index contributed by atoms with van der Waals surface area (Å²) in [4.78, 5) is 2.65. The third-order valence-electron chi connectivity index (χ3n) is 16.5. The van der Waals surface area contributed by atoms with Crippen LogP contribution in [0.15, 0.2) is 158 Å².